The molecule has 0 heterocycles. The first-order valence-corrected chi connectivity index (χ1v) is 7.57. The smallest absolute Gasteiger partial charge is 0.137 e. The molecule has 0 bridgehead atoms. The van der Waals surface area contributed by atoms with Crippen molar-refractivity contribution in [2.75, 3.05) is 6.61 Å². The average molecular weight is 353 g/mol. The molecule has 2 aromatic rings. The summed E-state index contributed by atoms with van der Waals surface area (Å²) >= 11 is 3.28. The second-order valence-corrected chi connectivity index (χ2v) is 5.40. The number of hydrogen-bond acceptors (Lipinski definition) is 3. The van der Waals surface area contributed by atoms with Crippen molar-refractivity contribution in [3.05, 3.63) is 63.9 Å². The fourth-order valence-corrected chi connectivity index (χ4v) is 2.67. The fraction of sp³-hybridized carbons (Fsp3) is 0.250. The highest BCUT2D eigenvalue weighted by molar-refractivity contribution is 9.10. The summed E-state index contributed by atoms with van der Waals surface area (Å²) in [6.45, 7) is 2.52. The van der Waals surface area contributed by atoms with Crippen LogP contribution in [0.15, 0.2) is 46.9 Å². The van der Waals surface area contributed by atoms with E-state index in [4.69, 9.17) is 10.6 Å². The molecule has 5 heteroatoms. The molecule has 0 saturated carbocycles. The van der Waals surface area contributed by atoms with Crippen molar-refractivity contribution in [2.24, 2.45) is 5.84 Å². The molecule has 0 aliphatic heterocycles. The van der Waals surface area contributed by atoms with Crippen LogP contribution in [0.2, 0.25) is 0 Å². The minimum Gasteiger partial charge on any atom is -0.494 e. The van der Waals surface area contributed by atoms with Crippen molar-refractivity contribution in [1.29, 1.82) is 0 Å². The van der Waals surface area contributed by atoms with E-state index in [9.17, 15) is 4.39 Å². The van der Waals surface area contributed by atoms with Gasteiger partial charge in [0, 0.05) is 5.56 Å². The first kappa shape index (κ1) is 15.9. The lowest BCUT2D eigenvalue weighted by Gasteiger charge is -2.20. The summed E-state index contributed by atoms with van der Waals surface area (Å²) < 4.78 is 19.7. The molecular weight excluding hydrogens is 335 g/mol. The third kappa shape index (κ3) is 3.81. The maximum Gasteiger partial charge on any atom is 0.137 e. The quantitative estimate of drug-likeness (QED) is 0.615. The highest BCUT2D eigenvalue weighted by atomic mass is 79.9. The topological polar surface area (TPSA) is 47.3 Å². The van der Waals surface area contributed by atoms with Gasteiger partial charge in [-0.05, 0) is 47.0 Å². The Bertz CT molecular complexity index is 607. The average Bonchev–Trinajstić information content (AvgIpc) is 2.50. The molecule has 1 atom stereocenters. The molecule has 112 valence electrons. The first-order valence-electron chi connectivity index (χ1n) is 6.78. The third-order valence-electron chi connectivity index (χ3n) is 3.25. The second kappa shape index (κ2) is 7.54. The SMILES string of the molecule is CCOc1ccccc1C(Cc1cccc(F)c1Br)NN. The molecule has 3 N–H and O–H groups in total. The van der Waals surface area contributed by atoms with Crippen LogP contribution >= 0.6 is 15.9 Å². The number of hydrazine groups is 1. The van der Waals surface area contributed by atoms with Gasteiger partial charge in [0.1, 0.15) is 11.6 Å². The van der Waals surface area contributed by atoms with Gasteiger partial charge in [0.15, 0.2) is 0 Å². The van der Waals surface area contributed by atoms with E-state index in [-0.39, 0.29) is 11.9 Å². The van der Waals surface area contributed by atoms with Crippen LogP contribution < -0.4 is 16.0 Å². The van der Waals surface area contributed by atoms with Gasteiger partial charge in [0.2, 0.25) is 0 Å². The lowest BCUT2D eigenvalue weighted by molar-refractivity contribution is 0.331. The number of hydrogen-bond donors (Lipinski definition) is 2. The number of para-hydroxylation sites is 1. The lowest BCUT2D eigenvalue weighted by Crippen LogP contribution is -2.30. The number of halogens is 2. The minimum atomic E-state index is -0.277. The van der Waals surface area contributed by atoms with Crippen LogP contribution in [0.1, 0.15) is 24.1 Å². The zero-order chi connectivity index (χ0) is 15.2. The van der Waals surface area contributed by atoms with Gasteiger partial charge in [-0.2, -0.15) is 0 Å². The molecule has 21 heavy (non-hydrogen) atoms. The van der Waals surface area contributed by atoms with Crippen molar-refractivity contribution in [3.63, 3.8) is 0 Å². The monoisotopic (exact) mass is 352 g/mol. The highest BCUT2D eigenvalue weighted by Gasteiger charge is 2.17. The number of nitrogens with one attached hydrogen (secondary N) is 1. The van der Waals surface area contributed by atoms with Crippen LogP contribution in [-0.4, -0.2) is 6.61 Å². The third-order valence-corrected chi connectivity index (χ3v) is 4.14. The Morgan fingerprint density at radius 3 is 2.71 bits per heavy atom. The number of nitrogens with two attached hydrogens (primary N) is 1. The van der Waals surface area contributed by atoms with Gasteiger partial charge < -0.3 is 4.74 Å². The second-order valence-electron chi connectivity index (χ2n) is 4.61. The zero-order valence-electron chi connectivity index (χ0n) is 11.8. The molecule has 0 fully saturated rings. The molecule has 0 amide bonds. The Labute approximate surface area is 132 Å². The van der Waals surface area contributed by atoms with Crippen LogP contribution in [-0.2, 0) is 6.42 Å². The largest absolute Gasteiger partial charge is 0.494 e. The summed E-state index contributed by atoms with van der Waals surface area (Å²) in [5, 5.41) is 0. The maximum atomic E-state index is 13.6. The van der Waals surface area contributed by atoms with Crippen LogP contribution in [0.25, 0.3) is 0 Å². The van der Waals surface area contributed by atoms with E-state index < -0.39 is 0 Å². The van der Waals surface area contributed by atoms with Gasteiger partial charge >= 0.3 is 0 Å². The normalized spacial score (nSPS) is 12.2. The molecule has 0 saturated heterocycles. The van der Waals surface area contributed by atoms with E-state index in [1.165, 1.54) is 6.07 Å². The Kier molecular flexibility index (Phi) is 5.73. The van der Waals surface area contributed by atoms with Gasteiger partial charge in [0.25, 0.3) is 0 Å². The number of benzene rings is 2. The number of ether oxygens (including phenoxy) is 1. The summed E-state index contributed by atoms with van der Waals surface area (Å²) in [6.07, 6.45) is 0.554. The fourth-order valence-electron chi connectivity index (χ4n) is 2.24. The Morgan fingerprint density at radius 1 is 1.24 bits per heavy atom. The molecular formula is C16H18BrFN2O. The van der Waals surface area contributed by atoms with Gasteiger partial charge in [0.05, 0.1) is 17.1 Å². The van der Waals surface area contributed by atoms with Crippen LogP contribution in [0.5, 0.6) is 5.75 Å². The van der Waals surface area contributed by atoms with E-state index in [0.717, 1.165) is 16.9 Å². The van der Waals surface area contributed by atoms with E-state index in [1.807, 2.05) is 37.3 Å². The summed E-state index contributed by atoms with van der Waals surface area (Å²) in [5.74, 6) is 6.20. The standard InChI is InChI=1S/C16H18BrFN2O/c1-2-21-15-9-4-3-7-12(15)14(20-19)10-11-6-5-8-13(18)16(11)17/h3-9,14,20H,2,10,19H2,1H3. The zero-order valence-corrected chi connectivity index (χ0v) is 13.4. The van der Waals surface area contributed by atoms with E-state index >= 15 is 0 Å². The van der Waals surface area contributed by atoms with Crippen LogP contribution in [0.4, 0.5) is 4.39 Å². The van der Waals surface area contributed by atoms with Crippen molar-refractivity contribution in [2.45, 2.75) is 19.4 Å². The van der Waals surface area contributed by atoms with Gasteiger partial charge in [-0.15, -0.1) is 0 Å². The molecule has 2 rings (SSSR count). The number of rotatable bonds is 6. The Hall–Kier alpha value is -1.43. The molecule has 0 aliphatic carbocycles. The minimum absolute atomic E-state index is 0.161. The summed E-state index contributed by atoms with van der Waals surface area (Å²) in [4.78, 5) is 0. The summed E-state index contributed by atoms with van der Waals surface area (Å²) in [6, 6.07) is 12.5. The molecule has 0 aliphatic rings. The molecule has 0 spiro atoms. The molecule has 3 nitrogen and oxygen atoms in total. The molecule has 2 aromatic carbocycles. The van der Waals surface area contributed by atoms with Gasteiger partial charge in [-0.1, -0.05) is 30.3 Å². The molecule has 0 aromatic heterocycles. The van der Waals surface area contributed by atoms with E-state index in [2.05, 4.69) is 21.4 Å². The summed E-state index contributed by atoms with van der Waals surface area (Å²) in [5.41, 5.74) is 4.60. The first-order chi connectivity index (χ1) is 10.2. The predicted octanol–water partition coefficient (Wildman–Crippen LogP) is 3.73. The Balaban J connectivity index is 2.30. The van der Waals surface area contributed by atoms with Crippen LogP contribution in [0, 0.1) is 5.82 Å². The Morgan fingerprint density at radius 2 is 2.00 bits per heavy atom. The van der Waals surface area contributed by atoms with Crippen molar-refractivity contribution < 1.29 is 9.13 Å². The lowest BCUT2D eigenvalue weighted by atomic mass is 9.98. The van der Waals surface area contributed by atoms with Crippen molar-refractivity contribution in [1.82, 2.24) is 5.43 Å². The predicted molar refractivity (Wildman–Crippen MR) is 85.5 cm³/mol. The van der Waals surface area contributed by atoms with E-state index in [0.29, 0.717) is 17.5 Å². The maximum absolute atomic E-state index is 13.6. The van der Waals surface area contributed by atoms with Gasteiger partial charge in [-0.25, -0.2) is 4.39 Å². The van der Waals surface area contributed by atoms with Crippen molar-refractivity contribution in [3.8, 4) is 5.75 Å². The van der Waals surface area contributed by atoms with E-state index in [1.54, 1.807) is 6.07 Å². The van der Waals surface area contributed by atoms with Gasteiger partial charge in [-0.3, -0.25) is 11.3 Å². The highest BCUT2D eigenvalue weighted by Crippen LogP contribution is 2.30. The molecule has 0 radical (unpaired) electrons. The van der Waals surface area contributed by atoms with Crippen molar-refractivity contribution >= 4 is 15.9 Å². The molecule has 1 unspecified atom stereocenters. The van der Waals surface area contributed by atoms with Crippen LogP contribution in [0.3, 0.4) is 0 Å². The summed E-state index contributed by atoms with van der Waals surface area (Å²) in [7, 11) is 0.